The monoisotopic (exact) mass is 371 g/mol. The molecule has 0 unspecified atom stereocenters. The van der Waals surface area contributed by atoms with Crippen molar-refractivity contribution in [3.63, 3.8) is 0 Å². The highest BCUT2D eigenvalue weighted by Gasteiger charge is 2.27. The fraction of sp³-hybridized carbons (Fsp3) is 0.300. The van der Waals surface area contributed by atoms with Crippen molar-refractivity contribution in [1.82, 2.24) is 14.5 Å². The lowest BCUT2D eigenvalue weighted by Gasteiger charge is -2.27. The highest BCUT2D eigenvalue weighted by Crippen LogP contribution is 2.31. The first-order valence-corrected chi connectivity index (χ1v) is 8.67. The van der Waals surface area contributed by atoms with Gasteiger partial charge >= 0.3 is 6.09 Å². The van der Waals surface area contributed by atoms with Gasteiger partial charge in [0, 0.05) is 54.1 Å². The average molecular weight is 372 g/mol. The summed E-state index contributed by atoms with van der Waals surface area (Å²) in [4.78, 5) is 18.0. The number of pyridine rings is 1. The summed E-state index contributed by atoms with van der Waals surface area (Å²) in [6.45, 7) is 4.37. The van der Waals surface area contributed by atoms with E-state index in [0.717, 1.165) is 13.0 Å². The van der Waals surface area contributed by atoms with E-state index in [1.807, 2.05) is 19.3 Å². The first kappa shape index (κ1) is 18.3. The van der Waals surface area contributed by atoms with Crippen molar-refractivity contribution in [2.45, 2.75) is 26.4 Å². The van der Waals surface area contributed by atoms with Crippen LogP contribution in [-0.2, 0) is 24.2 Å². The summed E-state index contributed by atoms with van der Waals surface area (Å²) in [6, 6.07) is 12.5. The second-order valence-corrected chi connectivity index (χ2v) is 6.25. The lowest BCUT2D eigenvalue weighted by Crippen LogP contribution is -2.36. The van der Waals surface area contributed by atoms with Gasteiger partial charge in [0.25, 0.3) is 0 Å². The van der Waals surface area contributed by atoms with Crippen molar-refractivity contribution >= 4 is 29.4 Å². The molecule has 0 saturated carbocycles. The molecule has 5 nitrogen and oxygen atoms in total. The molecule has 0 atom stereocenters. The number of carbonyl (C=O) groups is 1. The molecule has 1 amide bonds. The molecule has 0 aliphatic carbocycles. The molecule has 0 saturated heterocycles. The summed E-state index contributed by atoms with van der Waals surface area (Å²) in [5.41, 5.74) is 5.00. The maximum absolute atomic E-state index is 12.1. The third-order valence-electron chi connectivity index (χ3n) is 4.78. The highest BCUT2D eigenvalue weighted by atomic mass is 35.5. The van der Waals surface area contributed by atoms with E-state index in [1.165, 1.54) is 27.7 Å². The zero-order valence-corrected chi connectivity index (χ0v) is 15.5. The van der Waals surface area contributed by atoms with Crippen molar-refractivity contribution < 1.29 is 9.53 Å². The number of carbonyl (C=O) groups excluding carboxylic acids is 1. The van der Waals surface area contributed by atoms with Crippen LogP contribution >= 0.6 is 12.4 Å². The van der Waals surface area contributed by atoms with Gasteiger partial charge in [-0.2, -0.15) is 0 Å². The van der Waals surface area contributed by atoms with E-state index in [4.69, 9.17) is 4.74 Å². The molecule has 0 fully saturated rings. The van der Waals surface area contributed by atoms with E-state index in [9.17, 15) is 4.79 Å². The Balaban J connectivity index is 0.00000196. The van der Waals surface area contributed by atoms with E-state index >= 15 is 0 Å². The number of ether oxygens (including phenoxy) is 1. The Morgan fingerprint density at radius 2 is 1.96 bits per heavy atom. The Morgan fingerprint density at radius 1 is 1.19 bits per heavy atom. The highest BCUT2D eigenvalue weighted by molar-refractivity contribution is 5.86. The Kier molecular flexibility index (Phi) is 5.47. The lowest BCUT2D eigenvalue weighted by atomic mass is 10.0. The topological polar surface area (TPSA) is 47.4 Å². The van der Waals surface area contributed by atoms with Crippen LogP contribution in [0.5, 0.6) is 0 Å². The Bertz CT molecular complexity index is 908. The number of aromatic nitrogens is 2. The van der Waals surface area contributed by atoms with Crippen LogP contribution < -0.4 is 0 Å². The van der Waals surface area contributed by atoms with Crippen molar-refractivity contribution in [3.8, 4) is 0 Å². The van der Waals surface area contributed by atoms with E-state index in [0.29, 0.717) is 19.7 Å². The van der Waals surface area contributed by atoms with Gasteiger partial charge in [0.05, 0.1) is 13.2 Å². The van der Waals surface area contributed by atoms with Crippen LogP contribution in [0.2, 0.25) is 0 Å². The predicted molar refractivity (Wildman–Crippen MR) is 104 cm³/mol. The van der Waals surface area contributed by atoms with Crippen LogP contribution in [-0.4, -0.2) is 33.7 Å². The van der Waals surface area contributed by atoms with Crippen LogP contribution in [0.25, 0.3) is 10.9 Å². The van der Waals surface area contributed by atoms with Gasteiger partial charge in [-0.15, -0.1) is 12.4 Å². The fourth-order valence-electron chi connectivity index (χ4n) is 3.62. The van der Waals surface area contributed by atoms with Gasteiger partial charge in [-0.1, -0.05) is 18.2 Å². The minimum absolute atomic E-state index is 0. The van der Waals surface area contributed by atoms with Crippen molar-refractivity contribution in [2.75, 3.05) is 13.2 Å². The standard InChI is InChI=1S/C20H21N3O2.ClH/c1-2-25-20(24)22-12-9-19-17(14-22)16-5-3-4-6-18(16)23(19)13-15-7-10-21-11-8-15;/h3-8,10-11H,2,9,12-14H2,1H3;1H. The molecule has 0 spiro atoms. The number of benzene rings is 1. The minimum Gasteiger partial charge on any atom is -0.450 e. The molecule has 6 heteroatoms. The maximum atomic E-state index is 12.1. The average Bonchev–Trinajstić information content (AvgIpc) is 2.96. The number of hydrogen-bond donors (Lipinski definition) is 0. The lowest BCUT2D eigenvalue weighted by molar-refractivity contribution is 0.102. The molecule has 0 bridgehead atoms. The predicted octanol–water partition coefficient (Wildman–Crippen LogP) is 4.02. The van der Waals surface area contributed by atoms with Gasteiger partial charge in [-0.3, -0.25) is 4.98 Å². The fourth-order valence-corrected chi connectivity index (χ4v) is 3.62. The molecule has 1 aliphatic rings. The van der Waals surface area contributed by atoms with E-state index < -0.39 is 0 Å². The third kappa shape index (κ3) is 3.27. The zero-order chi connectivity index (χ0) is 17.2. The molecule has 4 rings (SSSR count). The molecule has 26 heavy (non-hydrogen) atoms. The van der Waals surface area contributed by atoms with Gasteiger partial charge in [-0.05, 0) is 30.7 Å². The second-order valence-electron chi connectivity index (χ2n) is 6.25. The molecule has 0 N–H and O–H groups in total. The van der Waals surface area contributed by atoms with Crippen molar-refractivity contribution in [2.24, 2.45) is 0 Å². The Hall–Kier alpha value is -2.53. The largest absolute Gasteiger partial charge is 0.450 e. The number of para-hydroxylation sites is 1. The van der Waals surface area contributed by atoms with Gasteiger partial charge in [-0.25, -0.2) is 4.79 Å². The molecular formula is C20H22ClN3O2. The molecular weight excluding hydrogens is 350 g/mol. The smallest absolute Gasteiger partial charge is 0.410 e. The van der Waals surface area contributed by atoms with Crippen LogP contribution in [0, 0.1) is 0 Å². The Labute approximate surface area is 159 Å². The van der Waals surface area contributed by atoms with E-state index in [2.05, 4.69) is 45.9 Å². The number of rotatable bonds is 3. The second kappa shape index (κ2) is 7.79. The molecule has 3 heterocycles. The first-order valence-electron chi connectivity index (χ1n) is 8.67. The van der Waals surface area contributed by atoms with E-state index in [-0.39, 0.29) is 18.5 Å². The summed E-state index contributed by atoms with van der Waals surface area (Å²) in [6.07, 6.45) is 4.28. The quantitative estimate of drug-likeness (QED) is 0.698. The van der Waals surface area contributed by atoms with Crippen molar-refractivity contribution in [3.05, 3.63) is 65.6 Å². The van der Waals surface area contributed by atoms with Crippen LogP contribution in [0.4, 0.5) is 4.79 Å². The van der Waals surface area contributed by atoms with Gasteiger partial charge in [0.1, 0.15) is 0 Å². The molecule has 0 radical (unpaired) electrons. The summed E-state index contributed by atoms with van der Waals surface area (Å²) >= 11 is 0. The van der Waals surface area contributed by atoms with Gasteiger partial charge < -0.3 is 14.2 Å². The molecule has 3 aromatic rings. The molecule has 1 aromatic carbocycles. The summed E-state index contributed by atoms with van der Waals surface area (Å²) in [7, 11) is 0. The minimum atomic E-state index is -0.223. The van der Waals surface area contributed by atoms with Crippen molar-refractivity contribution in [1.29, 1.82) is 0 Å². The third-order valence-corrected chi connectivity index (χ3v) is 4.78. The van der Waals surface area contributed by atoms with Gasteiger partial charge in [0.2, 0.25) is 0 Å². The zero-order valence-electron chi connectivity index (χ0n) is 14.7. The number of nitrogens with zero attached hydrogens (tertiary/aromatic N) is 3. The number of fused-ring (bicyclic) bond motifs is 3. The molecule has 136 valence electrons. The van der Waals surface area contributed by atoms with Crippen LogP contribution in [0.15, 0.2) is 48.8 Å². The number of halogens is 1. The summed E-state index contributed by atoms with van der Waals surface area (Å²) in [5, 5.41) is 1.22. The van der Waals surface area contributed by atoms with E-state index in [1.54, 1.807) is 4.90 Å². The number of hydrogen-bond acceptors (Lipinski definition) is 3. The first-order chi connectivity index (χ1) is 12.3. The molecule has 1 aliphatic heterocycles. The Morgan fingerprint density at radius 3 is 2.73 bits per heavy atom. The summed E-state index contributed by atoms with van der Waals surface area (Å²) in [5.74, 6) is 0. The summed E-state index contributed by atoms with van der Waals surface area (Å²) < 4.78 is 7.56. The van der Waals surface area contributed by atoms with Crippen LogP contribution in [0.1, 0.15) is 23.7 Å². The normalized spacial score (nSPS) is 13.2. The number of amides is 1. The maximum Gasteiger partial charge on any atom is 0.410 e. The van der Waals surface area contributed by atoms with Crippen LogP contribution in [0.3, 0.4) is 0 Å². The van der Waals surface area contributed by atoms with Gasteiger partial charge in [0.15, 0.2) is 0 Å². The molecule has 2 aromatic heterocycles. The SMILES string of the molecule is CCOC(=O)N1CCc2c(c3ccccc3n2Cc2ccncc2)C1.Cl.